The normalized spacial score (nSPS) is 23.0. The van der Waals surface area contributed by atoms with E-state index in [1.54, 1.807) is 7.11 Å². The van der Waals surface area contributed by atoms with Crippen LogP contribution in [0.25, 0.3) is 0 Å². The number of benzene rings is 2. The lowest BCUT2D eigenvalue weighted by Crippen LogP contribution is -2.21. The maximum atomic E-state index is 12.0. The number of esters is 1. The largest absolute Gasteiger partial charge is 0.497 e. The molecule has 4 nitrogen and oxygen atoms in total. The molecule has 1 saturated heterocycles. The van der Waals surface area contributed by atoms with Gasteiger partial charge in [0.15, 0.2) is 11.7 Å². The Morgan fingerprint density at radius 1 is 1.00 bits per heavy atom. The minimum atomic E-state index is -0.771. The van der Waals surface area contributed by atoms with Crippen LogP contribution in [0.3, 0.4) is 0 Å². The highest BCUT2D eigenvalue weighted by Crippen LogP contribution is 2.52. The van der Waals surface area contributed by atoms with Crippen molar-refractivity contribution < 1.29 is 19.0 Å². The maximum Gasteiger partial charge on any atom is 0.338 e. The summed E-state index contributed by atoms with van der Waals surface area (Å²) in [4.78, 5) is 12.0. The van der Waals surface area contributed by atoms with Crippen molar-refractivity contribution in [1.29, 1.82) is 0 Å². The highest BCUT2D eigenvalue weighted by atomic mass is 16.7. The molecule has 0 bridgehead atoms. The van der Waals surface area contributed by atoms with Gasteiger partial charge in [-0.2, -0.15) is 0 Å². The van der Waals surface area contributed by atoms with Crippen molar-refractivity contribution in [2.24, 2.45) is 0 Å². The first kappa shape index (κ1) is 14.6. The van der Waals surface area contributed by atoms with Gasteiger partial charge in [-0.25, -0.2) is 4.79 Å². The molecule has 1 aliphatic heterocycles. The molecule has 1 aliphatic rings. The lowest BCUT2D eigenvalue weighted by atomic mass is 9.87. The van der Waals surface area contributed by atoms with E-state index in [1.807, 2.05) is 55.5 Å². The summed E-state index contributed by atoms with van der Waals surface area (Å²) in [5.41, 5.74) is 2.24. The smallest absolute Gasteiger partial charge is 0.338 e. The average molecular weight is 298 g/mol. The number of rotatable bonds is 4. The molecule has 22 heavy (non-hydrogen) atoms. The van der Waals surface area contributed by atoms with Crippen LogP contribution in [-0.4, -0.2) is 26.3 Å². The Hall–Kier alpha value is -2.33. The zero-order valence-electron chi connectivity index (χ0n) is 12.8. The van der Waals surface area contributed by atoms with Gasteiger partial charge in [-0.3, -0.25) is 0 Å². The SMILES string of the molecule is COC(=O)C1OC1(c1ccc(C)cc1)c1ccc(OC)cc1. The summed E-state index contributed by atoms with van der Waals surface area (Å²) < 4.78 is 15.9. The van der Waals surface area contributed by atoms with Crippen LogP contribution in [-0.2, 0) is 19.9 Å². The second kappa shape index (κ2) is 5.46. The molecule has 0 N–H and O–H groups in total. The third kappa shape index (κ3) is 2.25. The molecule has 4 heteroatoms. The topological polar surface area (TPSA) is 48.1 Å². The molecule has 0 spiro atoms. The van der Waals surface area contributed by atoms with E-state index in [4.69, 9.17) is 14.2 Å². The third-order valence-corrected chi connectivity index (χ3v) is 4.03. The van der Waals surface area contributed by atoms with Crippen LogP contribution in [0.4, 0.5) is 0 Å². The van der Waals surface area contributed by atoms with E-state index in [0.717, 1.165) is 22.4 Å². The second-order valence-electron chi connectivity index (χ2n) is 5.35. The van der Waals surface area contributed by atoms with Crippen molar-refractivity contribution >= 4 is 5.97 Å². The second-order valence-corrected chi connectivity index (χ2v) is 5.35. The molecule has 0 amide bonds. The van der Waals surface area contributed by atoms with Gasteiger partial charge in [0.25, 0.3) is 0 Å². The van der Waals surface area contributed by atoms with E-state index < -0.39 is 11.7 Å². The van der Waals surface area contributed by atoms with Crippen LogP contribution in [0.5, 0.6) is 5.75 Å². The highest BCUT2D eigenvalue weighted by molar-refractivity contribution is 5.81. The van der Waals surface area contributed by atoms with Gasteiger partial charge in [-0.05, 0) is 30.2 Å². The molecule has 0 saturated carbocycles. The Balaban J connectivity index is 2.04. The Morgan fingerprint density at radius 2 is 1.55 bits per heavy atom. The van der Waals surface area contributed by atoms with Gasteiger partial charge in [-0.15, -0.1) is 0 Å². The first-order chi connectivity index (χ1) is 10.6. The van der Waals surface area contributed by atoms with Gasteiger partial charge in [0.1, 0.15) is 5.75 Å². The van der Waals surface area contributed by atoms with E-state index in [2.05, 4.69) is 0 Å². The number of hydrogen-bond donors (Lipinski definition) is 0. The Labute approximate surface area is 129 Å². The first-order valence-electron chi connectivity index (χ1n) is 7.09. The summed E-state index contributed by atoms with van der Waals surface area (Å²) in [6.45, 7) is 2.02. The van der Waals surface area contributed by atoms with Crippen LogP contribution < -0.4 is 4.74 Å². The number of epoxide rings is 1. The van der Waals surface area contributed by atoms with Gasteiger partial charge in [0.2, 0.25) is 0 Å². The van der Waals surface area contributed by atoms with E-state index in [-0.39, 0.29) is 5.97 Å². The lowest BCUT2D eigenvalue weighted by molar-refractivity contribution is -0.142. The Morgan fingerprint density at radius 3 is 2.05 bits per heavy atom. The number of hydrogen-bond acceptors (Lipinski definition) is 4. The Kier molecular flexibility index (Phi) is 3.62. The molecule has 3 rings (SSSR count). The monoisotopic (exact) mass is 298 g/mol. The van der Waals surface area contributed by atoms with E-state index in [0.29, 0.717) is 0 Å². The van der Waals surface area contributed by atoms with Crippen molar-refractivity contribution in [1.82, 2.24) is 0 Å². The summed E-state index contributed by atoms with van der Waals surface area (Å²) in [5.74, 6) is 0.398. The minimum Gasteiger partial charge on any atom is -0.497 e. The first-order valence-corrected chi connectivity index (χ1v) is 7.09. The molecule has 1 heterocycles. The summed E-state index contributed by atoms with van der Waals surface area (Å²) in [5, 5.41) is 0. The predicted molar refractivity (Wildman–Crippen MR) is 81.8 cm³/mol. The van der Waals surface area contributed by atoms with Crippen LogP contribution in [0.15, 0.2) is 48.5 Å². The lowest BCUT2D eigenvalue weighted by Gasteiger charge is -2.15. The molecule has 2 aromatic rings. The molecule has 0 aliphatic carbocycles. The van der Waals surface area contributed by atoms with Gasteiger partial charge in [-0.1, -0.05) is 42.0 Å². The van der Waals surface area contributed by atoms with E-state index in [9.17, 15) is 4.79 Å². The fourth-order valence-corrected chi connectivity index (χ4v) is 2.72. The van der Waals surface area contributed by atoms with Crippen molar-refractivity contribution in [2.75, 3.05) is 14.2 Å². The zero-order chi connectivity index (χ0) is 15.7. The molecular formula is C18H18O4. The standard InChI is InChI=1S/C18H18O4/c1-12-4-6-13(7-5-12)18(16(22-18)17(19)21-3)14-8-10-15(20-2)11-9-14/h4-11,16H,1-3H3. The molecule has 0 aromatic heterocycles. The van der Waals surface area contributed by atoms with Crippen LogP contribution in [0.1, 0.15) is 16.7 Å². The summed E-state index contributed by atoms with van der Waals surface area (Å²) >= 11 is 0. The number of aryl methyl sites for hydroxylation is 1. The molecule has 114 valence electrons. The fraction of sp³-hybridized carbons (Fsp3) is 0.278. The molecule has 0 radical (unpaired) electrons. The predicted octanol–water partition coefficient (Wildman–Crippen LogP) is 2.82. The number of carbonyl (C=O) groups excluding carboxylic acids is 1. The minimum absolute atomic E-state index is 0.364. The number of methoxy groups -OCH3 is 2. The molecule has 2 atom stereocenters. The van der Waals surface area contributed by atoms with Crippen LogP contribution in [0.2, 0.25) is 0 Å². The van der Waals surface area contributed by atoms with Crippen LogP contribution >= 0.6 is 0 Å². The van der Waals surface area contributed by atoms with E-state index >= 15 is 0 Å². The average Bonchev–Trinajstić information content (AvgIpc) is 3.31. The molecule has 2 unspecified atom stereocenters. The van der Waals surface area contributed by atoms with Crippen molar-refractivity contribution in [2.45, 2.75) is 18.6 Å². The van der Waals surface area contributed by atoms with Crippen molar-refractivity contribution in [3.05, 3.63) is 65.2 Å². The van der Waals surface area contributed by atoms with E-state index in [1.165, 1.54) is 7.11 Å². The van der Waals surface area contributed by atoms with Gasteiger partial charge in [0, 0.05) is 0 Å². The van der Waals surface area contributed by atoms with Crippen LogP contribution in [0, 0.1) is 6.92 Å². The number of carbonyl (C=O) groups is 1. The summed E-state index contributed by atoms with van der Waals surface area (Å²) in [7, 11) is 2.99. The molecule has 2 aromatic carbocycles. The fourth-order valence-electron chi connectivity index (χ4n) is 2.72. The number of ether oxygens (including phenoxy) is 3. The summed E-state index contributed by atoms with van der Waals surface area (Å²) in [6, 6.07) is 15.6. The Bertz CT molecular complexity index is 675. The quantitative estimate of drug-likeness (QED) is 0.643. The van der Waals surface area contributed by atoms with Crippen molar-refractivity contribution in [3.8, 4) is 5.75 Å². The maximum absolute atomic E-state index is 12.0. The van der Waals surface area contributed by atoms with Crippen molar-refractivity contribution in [3.63, 3.8) is 0 Å². The van der Waals surface area contributed by atoms with Gasteiger partial charge >= 0.3 is 5.97 Å². The zero-order valence-corrected chi connectivity index (χ0v) is 12.8. The highest BCUT2D eigenvalue weighted by Gasteiger charge is 2.63. The third-order valence-electron chi connectivity index (χ3n) is 4.03. The van der Waals surface area contributed by atoms with Gasteiger partial charge < -0.3 is 14.2 Å². The molecule has 1 fully saturated rings. The molecular weight excluding hydrogens is 280 g/mol. The summed E-state index contributed by atoms with van der Waals surface area (Å²) in [6.07, 6.45) is -0.617. The van der Waals surface area contributed by atoms with Gasteiger partial charge in [0.05, 0.1) is 14.2 Å².